The van der Waals surface area contributed by atoms with Gasteiger partial charge < -0.3 is 5.11 Å². The van der Waals surface area contributed by atoms with E-state index in [-0.39, 0.29) is 11.1 Å². The average Bonchev–Trinajstić information content (AvgIpc) is 2.28. The van der Waals surface area contributed by atoms with Crippen LogP contribution in [0.2, 0.25) is 0 Å². The Labute approximate surface area is 107 Å². The molecule has 0 heterocycles. The van der Waals surface area contributed by atoms with Crippen LogP contribution >= 0.6 is 0 Å². The number of aliphatic carboxylic acids is 1. The second kappa shape index (κ2) is 5.42. The highest BCUT2D eigenvalue weighted by Crippen LogP contribution is 2.37. The third-order valence-corrected chi connectivity index (χ3v) is 2.87. The molecule has 0 aliphatic carbocycles. The van der Waals surface area contributed by atoms with E-state index in [1.807, 2.05) is 0 Å². The molecule has 0 aliphatic heterocycles. The van der Waals surface area contributed by atoms with E-state index < -0.39 is 29.8 Å². The molecule has 1 aromatic rings. The molecular weight excluding hydrogens is 264 g/mol. The zero-order valence-electron chi connectivity index (χ0n) is 10.0. The summed E-state index contributed by atoms with van der Waals surface area (Å²) in [5.41, 5.74) is 0.0786. The van der Waals surface area contributed by atoms with Gasteiger partial charge in [0.25, 0.3) is 0 Å². The molecule has 2 nitrogen and oxygen atoms in total. The maximum absolute atomic E-state index is 12.8. The van der Waals surface area contributed by atoms with Crippen molar-refractivity contribution in [3.63, 3.8) is 0 Å². The predicted octanol–water partition coefficient (Wildman–Crippen LogP) is 3.99. The molecule has 0 aliphatic rings. The number of hydrogen-bond donors (Lipinski definition) is 1. The highest BCUT2D eigenvalue weighted by molar-refractivity contribution is 5.76. The number of carbonyl (C=O) groups is 1. The number of carboxylic acids is 1. The van der Waals surface area contributed by atoms with Gasteiger partial charge in [-0.1, -0.05) is 37.8 Å². The number of carboxylic acid groups (broad SMARTS) is 1. The van der Waals surface area contributed by atoms with Crippen molar-refractivity contribution in [3.8, 4) is 0 Å². The Morgan fingerprint density at radius 3 is 2.05 bits per heavy atom. The summed E-state index contributed by atoms with van der Waals surface area (Å²) in [5.74, 6) is -6.06. The molecule has 104 valence electrons. The first kappa shape index (κ1) is 15.2. The van der Waals surface area contributed by atoms with Crippen molar-refractivity contribution in [3.05, 3.63) is 42.0 Å². The molecule has 0 saturated carbocycles. The third-order valence-electron chi connectivity index (χ3n) is 2.87. The van der Waals surface area contributed by atoms with Gasteiger partial charge in [-0.2, -0.15) is 13.2 Å². The van der Waals surface area contributed by atoms with Crippen molar-refractivity contribution in [1.29, 1.82) is 0 Å². The lowest BCUT2D eigenvalue weighted by Crippen LogP contribution is -2.31. The standard InChI is InChI=1S/C13H12F4O2/c1-7(13(15,16)17)11(12(18)19)10-5-3-9(4-6-10)8(2)14/h3-7,11H,2H2,1H3,(H,18,19). The van der Waals surface area contributed by atoms with Crippen LogP contribution in [0.4, 0.5) is 17.6 Å². The second-order valence-electron chi connectivity index (χ2n) is 4.17. The van der Waals surface area contributed by atoms with Crippen LogP contribution in [0.5, 0.6) is 0 Å². The molecule has 0 bridgehead atoms. The Morgan fingerprint density at radius 2 is 1.74 bits per heavy atom. The van der Waals surface area contributed by atoms with Crippen LogP contribution in [-0.4, -0.2) is 17.3 Å². The normalized spacial score (nSPS) is 14.8. The van der Waals surface area contributed by atoms with E-state index in [0.29, 0.717) is 0 Å². The summed E-state index contributed by atoms with van der Waals surface area (Å²) < 4.78 is 50.6. The number of hydrogen-bond acceptors (Lipinski definition) is 1. The molecule has 0 fully saturated rings. The molecule has 0 saturated heterocycles. The zero-order chi connectivity index (χ0) is 14.8. The van der Waals surface area contributed by atoms with Crippen LogP contribution in [0, 0.1) is 5.92 Å². The first-order chi connectivity index (χ1) is 8.64. The first-order valence-corrected chi connectivity index (χ1v) is 5.39. The molecule has 0 amide bonds. The van der Waals surface area contributed by atoms with Crippen LogP contribution in [0.25, 0.3) is 5.83 Å². The first-order valence-electron chi connectivity index (χ1n) is 5.39. The van der Waals surface area contributed by atoms with Gasteiger partial charge in [0.15, 0.2) is 0 Å². The fraction of sp³-hybridized carbons (Fsp3) is 0.308. The highest BCUT2D eigenvalue weighted by atomic mass is 19.4. The van der Waals surface area contributed by atoms with Gasteiger partial charge in [-0.25, -0.2) is 4.39 Å². The molecule has 0 spiro atoms. The van der Waals surface area contributed by atoms with Gasteiger partial charge in [0.1, 0.15) is 5.83 Å². The van der Waals surface area contributed by atoms with Crippen molar-refractivity contribution in [2.75, 3.05) is 0 Å². The summed E-state index contributed by atoms with van der Waals surface area (Å²) >= 11 is 0. The molecule has 1 rings (SSSR count). The lowest BCUT2D eigenvalue weighted by Gasteiger charge is -2.23. The van der Waals surface area contributed by atoms with Crippen molar-refractivity contribution >= 4 is 11.8 Å². The van der Waals surface area contributed by atoms with Crippen LogP contribution < -0.4 is 0 Å². The van der Waals surface area contributed by atoms with E-state index in [2.05, 4.69) is 6.58 Å². The average molecular weight is 276 g/mol. The maximum Gasteiger partial charge on any atom is 0.392 e. The fourth-order valence-electron chi connectivity index (χ4n) is 1.71. The Hall–Kier alpha value is -1.85. The molecular formula is C13H12F4O2. The van der Waals surface area contributed by atoms with Crippen molar-refractivity contribution in [1.82, 2.24) is 0 Å². The number of rotatable bonds is 4. The van der Waals surface area contributed by atoms with Gasteiger partial charge in [-0.3, -0.25) is 4.79 Å². The van der Waals surface area contributed by atoms with Gasteiger partial charge in [-0.05, 0) is 5.56 Å². The van der Waals surface area contributed by atoms with Gasteiger partial charge in [0.2, 0.25) is 0 Å². The summed E-state index contributed by atoms with van der Waals surface area (Å²) in [6.45, 7) is 3.85. The second-order valence-corrected chi connectivity index (χ2v) is 4.17. The topological polar surface area (TPSA) is 37.3 Å². The van der Waals surface area contributed by atoms with E-state index in [1.54, 1.807) is 0 Å². The van der Waals surface area contributed by atoms with Gasteiger partial charge >= 0.3 is 12.1 Å². The SMILES string of the molecule is C=C(F)c1ccc(C(C(=O)O)C(C)C(F)(F)F)cc1. The smallest absolute Gasteiger partial charge is 0.392 e. The van der Waals surface area contributed by atoms with Crippen molar-refractivity contribution < 1.29 is 27.5 Å². The molecule has 2 atom stereocenters. The van der Waals surface area contributed by atoms with Crippen LogP contribution in [0.3, 0.4) is 0 Å². The molecule has 6 heteroatoms. The quantitative estimate of drug-likeness (QED) is 0.844. The largest absolute Gasteiger partial charge is 0.481 e. The molecule has 1 N–H and O–H groups in total. The molecule has 0 aromatic heterocycles. The Morgan fingerprint density at radius 1 is 1.26 bits per heavy atom. The maximum atomic E-state index is 12.8. The van der Waals surface area contributed by atoms with E-state index >= 15 is 0 Å². The molecule has 19 heavy (non-hydrogen) atoms. The number of halogens is 4. The van der Waals surface area contributed by atoms with Crippen molar-refractivity contribution in [2.45, 2.75) is 19.0 Å². The fourth-order valence-corrected chi connectivity index (χ4v) is 1.71. The minimum Gasteiger partial charge on any atom is -0.481 e. The lowest BCUT2D eigenvalue weighted by molar-refractivity contribution is -0.183. The zero-order valence-corrected chi connectivity index (χ0v) is 10.0. The van der Waals surface area contributed by atoms with E-state index in [4.69, 9.17) is 5.11 Å². The summed E-state index contributed by atoms with van der Waals surface area (Å²) in [4.78, 5) is 11.0. The monoisotopic (exact) mass is 276 g/mol. The summed E-state index contributed by atoms with van der Waals surface area (Å²) in [6, 6.07) is 4.75. The van der Waals surface area contributed by atoms with Crippen LogP contribution in [-0.2, 0) is 4.79 Å². The molecule has 0 radical (unpaired) electrons. The van der Waals surface area contributed by atoms with Gasteiger partial charge in [0, 0.05) is 5.56 Å². The number of alkyl halides is 3. The lowest BCUT2D eigenvalue weighted by atomic mass is 9.86. The van der Waals surface area contributed by atoms with Gasteiger partial charge in [0.05, 0.1) is 11.8 Å². The number of benzene rings is 1. The summed E-state index contributed by atoms with van der Waals surface area (Å²) in [6.07, 6.45) is -4.62. The van der Waals surface area contributed by atoms with E-state index in [9.17, 15) is 22.4 Å². The Bertz CT molecular complexity index is 476. The molecule has 1 aromatic carbocycles. The third kappa shape index (κ3) is 3.56. The van der Waals surface area contributed by atoms with E-state index in [1.165, 1.54) is 24.3 Å². The Kier molecular flexibility index (Phi) is 4.34. The Balaban J connectivity index is 3.14. The summed E-state index contributed by atoms with van der Waals surface area (Å²) in [5, 5.41) is 8.95. The minimum atomic E-state index is -4.62. The summed E-state index contributed by atoms with van der Waals surface area (Å²) in [7, 11) is 0. The minimum absolute atomic E-state index is 0.0256. The van der Waals surface area contributed by atoms with Crippen LogP contribution in [0.15, 0.2) is 30.8 Å². The highest BCUT2D eigenvalue weighted by Gasteiger charge is 2.44. The van der Waals surface area contributed by atoms with Crippen molar-refractivity contribution in [2.24, 2.45) is 5.92 Å². The predicted molar refractivity (Wildman–Crippen MR) is 62.2 cm³/mol. The van der Waals surface area contributed by atoms with Gasteiger partial charge in [-0.15, -0.1) is 0 Å². The van der Waals surface area contributed by atoms with E-state index in [0.717, 1.165) is 6.92 Å². The molecule has 2 unspecified atom stereocenters. The van der Waals surface area contributed by atoms with Crippen LogP contribution in [0.1, 0.15) is 24.0 Å².